The molecule has 0 heterocycles. The van der Waals surface area contributed by atoms with Gasteiger partial charge in [0.15, 0.2) is 0 Å². The first kappa shape index (κ1) is 29.1. The monoisotopic (exact) mass is 556 g/mol. The number of aryl methyl sites for hydroxylation is 1. The van der Waals surface area contributed by atoms with E-state index in [2.05, 4.69) is 5.32 Å². The molecule has 0 aromatic heterocycles. The largest absolute Gasteiger partial charge is 0.352 e. The van der Waals surface area contributed by atoms with E-state index in [-0.39, 0.29) is 23.6 Å². The first-order chi connectivity index (χ1) is 17.8. The van der Waals surface area contributed by atoms with E-state index in [1.807, 2.05) is 81.4 Å². The number of amides is 2. The Morgan fingerprint density at radius 1 is 0.973 bits per heavy atom. The van der Waals surface area contributed by atoms with E-state index in [0.717, 1.165) is 28.7 Å². The number of nitrogens with one attached hydrogen (secondary N) is 1. The average Bonchev–Trinajstić information content (AvgIpc) is 2.88. The summed E-state index contributed by atoms with van der Waals surface area (Å²) >= 11 is 13.8. The Kier molecular flexibility index (Phi) is 11.4. The molecule has 3 aromatic rings. The van der Waals surface area contributed by atoms with E-state index < -0.39 is 6.04 Å². The molecule has 0 fully saturated rings. The molecule has 4 nitrogen and oxygen atoms in total. The lowest BCUT2D eigenvalue weighted by Gasteiger charge is -2.32. The standard InChI is InChI=1S/C30H34Cl2N2O2S/c1-4-22(3)33-30(36)28(16-23-8-6-5-7-9-23)34(18-24-12-10-21(2)11-13-24)29(35)20-37-19-25-14-15-26(31)17-27(25)32/h5-15,17,22,28H,4,16,18-20H2,1-3H3,(H,33,36)/t22-,28+/m1/s1. The summed E-state index contributed by atoms with van der Waals surface area (Å²) in [5, 5.41) is 4.27. The molecule has 2 atom stereocenters. The van der Waals surface area contributed by atoms with Gasteiger partial charge in [-0.2, -0.15) is 0 Å². The Bertz CT molecular complexity index is 1170. The van der Waals surface area contributed by atoms with Crippen molar-refractivity contribution < 1.29 is 9.59 Å². The zero-order chi connectivity index (χ0) is 26.8. The minimum Gasteiger partial charge on any atom is -0.352 e. The molecule has 3 rings (SSSR count). The minimum absolute atomic E-state index is 0.0171. The molecule has 0 saturated carbocycles. The fourth-order valence-corrected chi connectivity index (χ4v) is 5.32. The fraction of sp³-hybridized carbons (Fsp3) is 0.333. The second kappa shape index (κ2) is 14.5. The van der Waals surface area contributed by atoms with Crippen LogP contribution in [0.25, 0.3) is 0 Å². The van der Waals surface area contributed by atoms with Gasteiger partial charge in [0.05, 0.1) is 5.75 Å². The summed E-state index contributed by atoms with van der Waals surface area (Å²) in [5.41, 5.74) is 4.06. The second-order valence-electron chi connectivity index (χ2n) is 9.26. The third kappa shape index (κ3) is 9.10. The molecule has 0 aliphatic heterocycles. The minimum atomic E-state index is -0.634. The molecule has 0 unspecified atom stereocenters. The van der Waals surface area contributed by atoms with Gasteiger partial charge in [-0.25, -0.2) is 0 Å². The van der Waals surface area contributed by atoms with Gasteiger partial charge >= 0.3 is 0 Å². The molecule has 0 bridgehead atoms. The molecule has 0 aliphatic rings. The summed E-state index contributed by atoms with van der Waals surface area (Å²) in [5.74, 6) is 0.579. The first-order valence-corrected chi connectivity index (χ1v) is 14.4. The predicted molar refractivity (Wildman–Crippen MR) is 156 cm³/mol. The van der Waals surface area contributed by atoms with Crippen molar-refractivity contribution in [2.45, 2.75) is 58.0 Å². The van der Waals surface area contributed by atoms with E-state index in [1.165, 1.54) is 11.8 Å². The van der Waals surface area contributed by atoms with Gasteiger partial charge in [0, 0.05) is 34.8 Å². The average molecular weight is 558 g/mol. The highest BCUT2D eigenvalue weighted by molar-refractivity contribution is 7.99. The lowest BCUT2D eigenvalue weighted by Crippen LogP contribution is -2.52. The van der Waals surface area contributed by atoms with Crippen LogP contribution in [0.15, 0.2) is 72.8 Å². The highest BCUT2D eigenvalue weighted by Crippen LogP contribution is 2.25. The highest BCUT2D eigenvalue weighted by atomic mass is 35.5. The Morgan fingerprint density at radius 2 is 1.68 bits per heavy atom. The number of hydrogen-bond acceptors (Lipinski definition) is 3. The lowest BCUT2D eigenvalue weighted by atomic mass is 10.0. The number of halogens is 2. The van der Waals surface area contributed by atoms with E-state index in [9.17, 15) is 9.59 Å². The van der Waals surface area contributed by atoms with Gasteiger partial charge in [-0.15, -0.1) is 11.8 Å². The molecular formula is C30H34Cl2N2O2S. The van der Waals surface area contributed by atoms with Crippen LogP contribution in [0.2, 0.25) is 10.0 Å². The third-order valence-electron chi connectivity index (χ3n) is 6.24. The number of nitrogens with zero attached hydrogens (tertiary/aromatic N) is 1. The van der Waals surface area contributed by atoms with Crippen LogP contribution in [0.3, 0.4) is 0 Å². The van der Waals surface area contributed by atoms with Crippen LogP contribution in [-0.2, 0) is 28.3 Å². The summed E-state index contributed by atoms with van der Waals surface area (Å²) in [4.78, 5) is 29.0. The summed E-state index contributed by atoms with van der Waals surface area (Å²) in [6, 6.07) is 22.7. The lowest BCUT2D eigenvalue weighted by molar-refractivity contribution is -0.139. The van der Waals surface area contributed by atoms with Crippen molar-refractivity contribution in [2.75, 3.05) is 5.75 Å². The molecule has 0 saturated heterocycles. The van der Waals surface area contributed by atoms with Crippen LogP contribution in [-0.4, -0.2) is 34.6 Å². The number of benzene rings is 3. The van der Waals surface area contributed by atoms with Gasteiger partial charge < -0.3 is 10.2 Å². The van der Waals surface area contributed by atoms with Crippen molar-refractivity contribution in [3.63, 3.8) is 0 Å². The Labute approximate surface area is 234 Å². The maximum absolute atomic E-state index is 13.7. The fourth-order valence-electron chi connectivity index (χ4n) is 3.86. The molecule has 3 aromatic carbocycles. The molecule has 196 valence electrons. The second-order valence-corrected chi connectivity index (χ2v) is 11.1. The summed E-state index contributed by atoms with van der Waals surface area (Å²) in [7, 11) is 0. The normalized spacial score (nSPS) is 12.6. The Morgan fingerprint density at radius 3 is 2.32 bits per heavy atom. The zero-order valence-electron chi connectivity index (χ0n) is 21.5. The third-order valence-corrected chi connectivity index (χ3v) is 7.80. The summed E-state index contributed by atoms with van der Waals surface area (Å²) in [6.07, 6.45) is 1.25. The smallest absolute Gasteiger partial charge is 0.243 e. The van der Waals surface area contributed by atoms with Gasteiger partial charge in [-0.3, -0.25) is 9.59 Å². The molecule has 2 amide bonds. The van der Waals surface area contributed by atoms with Gasteiger partial charge in [-0.05, 0) is 49.1 Å². The first-order valence-electron chi connectivity index (χ1n) is 12.5. The quantitative estimate of drug-likeness (QED) is 0.259. The van der Waals surface area contributed by atoms with Crippen molar-refractivity contribution >= 4 is 46.8 Å². The Hall–Kier alpha value is -2.47. The molecule has 0 aliphatic carbocycles. The van der Waals surface area contributed by atoms with Crippen molar-refractivity contribution in [1.82, 2.24) is 10.2 Å². The molecular weight excluding hydrogens is 523 g/mol. The number of rotatable bonds is 12. The highest BCUT2D eigenvalue weighted by Gasteiger charge is 2.30. The predicted octanol–water partition coefficient (Wildman–Crippen LogP) is 7.09. The van der Waals surface area contributed by atoms with Gasteiger partial charge in [0.2, 0.25) is 11.8 Å². The zero-order valence-corrected chi connectivity index (χ0v) is 23.9. The van der Waals surface area contributed by atoms with Crippen LogP contribution < -0.4 is 5.32 Å². The molecule has 1 N–H and O–H groups in total. The van der Waals surface area contributed by atoms with Crippen molar-refractivity contribution in [2.24, 2.45) is 0 Å². The summed E-state index contributed by atoms with van der Waals surface area (Å²) in [6.45, 7) is 6.40. The van der Waals surface area contributed by atoms with Crippen molar-refractivity contribution in [1.29, 1.82) is 0 Å². The number of carbonyl (C=O) groups excluding carboxylic acids is 2. The SMILES string of the molecule is CC[C@@H](C)NC(=O)[C@H](Cc1ccccc1)N(Cc1ccc(C)cc1)C(=O)CSCc1ccc(Cl)cc1Cl. The summed E-state index contributed by atoms with van der Waals surface area (Å²) < 4.78 is 0. The van der Waals surface area contributed by atoms with E-state index in [0.29, 0.717) is 28.8 Å². The van der Waals surface area contributed by atoms with E-state index in [4.69, 9.17) is 23.2 Å². The molecule has 37 heavy (non-hydrogen) atoms. The van der Waals surface area contributed by atoms with Crippen LogP contribution in [0.1, 0.15) is 42.5 Å². The maximum Gasteiger partial charge on any atom is 0.243 e. The Balaban J connectivity index is 1.85. The topological polar surface area (TPSA) is 49.4 Å². The number of thioether (sulfide) groups is 1. The maximum atomic E-state index is 13.7. The molecule has 7 heteroatoms. The van der Waals surface area contributed by atoms with Gasteiger partial charge in [0.1, 0.15) is 6.04 Å². The number of hydrogen-bond donors (Lipinski definition) is 1. The van der Waals surface area contributed by atoms with Crippen LogP contribution in [0.4, 0.5) is 0 Å². The van der Waals surface area contributed by atoms with Gasteiger partial charge in [-0.1, -0.05) is 96.4 Å². The van der Waals surface area contributed by atoms with E-state index in [1.54, 1.807) is 17.0 Å². The van der Waals surface area contributed by atoms with E-state index >= 15 is 0 Å². The molecule has 0 spiro atoms. The van der Waals surface area contributed by atoms with Crippen molar-refractivity contribution in [3.05, 3.63) is 105 Å². The van der Waals surface area contributed by atoms with Crippen LogP contribution in [0.5, 0.6) is 0 Å². The van der Waals surface area contributed by atoms with Crippen LogP contribution in [0, 0.1) is 6.92 Å². The number of carbonyl (C=O) groups is 2. The molecule has 0 radical (unpaired) electrons. The van der Waals surface area contributed by atoms with Crippen LogP contribution >= 0.6 is 35.0 Å². The van der Waals surface area contributed by atoms with Crippen molar-refractivity contribution in [3.8, 4) is 0 Å². The van der Waals surface area contributed by atoms with Gasteiger partial charge in [0.25, 0.3) is 0 Å².